The Hall–Kier alpha value is -1.80. The number of aryl methyl sites for hydroxylation is 1. The monoisotopic (exact) mass is 272 g/mol. The third-order valence-corrected chi connectivity index (χ3v) is 3.25. The third-order valence-electron chi connectivity index (χ3n) is 2.36. The van der Waals surface area contributed by atoms with Crippen LogP contribution in [-0.4, -0.2) is 6.54 Å². The van der Waals surface area contributed by atoms with Crippen molar-refractivity contribution in [3.05, 3.63) is 52.4 Å². The first-order valence-electron chi connectivity index (χ1n) is 6.11. The summed E-state index contributed by atoms with van der Waals surface area (Å²) >= 11 is 1.56. The van der Waals surface area contributed by atoms with Crippen LogP contribution in [0, 0.1) is 18.8 Å². The summed E-state index contributed by atoms with van der Waals surface area (Å²) in [7, 11) is 0. The molecule has 1 heterocycles. The molecule has 0 saturated heterocycles. The highest BCUT2D eigenvalue weighted by Gasteiger charge is 1.96. The highest BCUT2D eigenvalue weighted by atomic mass is 32.1. The van der Waals surface area contributed by atoms with Crippen LogP contribution in [0.25, 0.3) is 0 Å². The first-order valence-corrected chi connectivity index (χ1v) is 6.93. The molecule has 0 aliphatic carbocycles. The van der Waals surface area contributed by atoms with Gasteiger partial charge in [-0.25, -0.2) is 5.48 Å². The molecule has 0 saturated carbocycles. The summed E-state index contributed by atoms with van der Waals surface area (Å²) in [5.41, 5.74) is 7.81. The van der Waals surface area contributed by atoms with E-state index in [0.29, 0.717) is 0 Å². The van der Waals surface area contributed by atoms with Crippen LogP contribution in [0.15, 0.2) is 36.4 Å². The van der Waals surface area contributed by atoms with Crippen molar-refractivity contribution in [2.45, 2.75) is 13.8 Å². The first kappa shape index (κ1) is 13.6. The van der Waals surface area contributed by atoms with Crippen molar-refractivity contribution in [2.24, 2.45) is 0 Å². The van der Waals surface area contributed by atoms with E-state index >= 15 is 0 Å². The Labute approximate surface area is 117 Å². The van der Waals surface area contributed by atoms with Crippen LogP contribution in [-0.2, 0) is 4.94 Å². The van der Waals surface area contributed by atoms with E-state index in [2.05, 4.69) is 41.9 Å². The number of benzene rings is 1. The maximum Gasteiger partial charge on any atom is 0.116 e. The minimum absolute atomic E-state index is 0.748. The van der Waals surface area contributed by atoms with E-state index in [4.69, 9.17) is 4.94 Å². The van der Waals surface area contributed by atoms with Crippen LogP contribution in [0.1, 0.15) is 22.9 Å². The van der Waals surface area contributed by atoms with Gasteiger partial charge < -0.3 is 0 Å². The summed E-state index contributed by atoms with van der Waals surface area (Å²) in [5.74, 6) is 6.29. The zero-order chi connectivity index (χ0) is 13.5. The molecule has 0 fully saturated rings. The smallest absolute Gasteiger partial charge is 0.116 e. The predicted octanol–water partition coefficient (Wildman–Crippen LogP) is 3.32. The van der Waals surface area contributed by atoms with Crippen molar-refractivity contribution in [3.63, 3.8) is 0 Å². The average molecular weight is 272 g/mol. The zero-order valence-electron chi connectivity index (χ0n) is 11.0. The molecular formula is C15H16N2OS. The zero-order valence-corrected chi connectivity index (χ0v) is 11.8. The van der Waals surface area contributed by atoms with Gasteiger partial charge in [-0.1, -0.05) is 36.5 Å². The lowest BCUT2D eigenvalue weighted by Gasteiger charge is -2.01. The summed E-state index contributed by atoms with van der Waals surface area (Å²) in [6.07, 6.45) is 0. The third kappa shape index (κ3) is 4.42. The van der Waals surface area contributed by atoms with Crippen LogP contribution in [0.3, 0.4) is 0 Å². The van der Waals surface area contributed by atoms with Gasteiger partial charge in [0.1, 0.15) is 5.00 Å². The second kappa shape index (κ2) is 6.95. The minimum Gasteiger partial charge on any atom is -0.238 e. The number of thiophene rings is 1. The highest BCUT2D eigenvalue weighted by molar-refractivity contribution is 7.16. The Morgan fingerprint density at radius 3 is 2.63 bits per heavy atom. The molecule has 4 heteroatoms. The van der Waals surface area contributed by atoms with Crippen molar-refractivity contribution < 1.29 is 4.94 Å². The van der Waals surface area contributed by atoms with E-state index in [1.54, 1.807) is 11.3 Å². The quantitative estimate of drug-likeness (QED) is 0.509. The number of hydrogen-bond donors (Lipinski definition) is 2. The molecule has 0 unspecified atom stereocenters. The van der Waals surface area contributed by atoms with Gasteiger partial charge in [0.25, 0.3) is 0 Å². The van der Waals surface area contributed by atoms with Gasteiger partial charge in [-0.15, -0.1) is 11.3 Å². The molecule has 19 heavy (non-hydrogen) atoms. The maximum atomic E-state index is 5.02. The maximum absolute atomic E-state index is 5.02. The molecule has 2 N–H and O–H groups in total. The van der Waals surface area contributed by atoms with Gasteiger partial charge in [0.2, 0.25) is 0 Å². The average Bonchev–Trinajstić information content (AvgIpc) is 2.86. The normalized spacial score (nSPS) is 9.79. The Morgan fingerprint density at radius 2 is 1.89 bits per heavy atom. The molecule has 98 valence electrons. The number of hydrogen-bond acceptors (Lipinski definition) is 4. The van der Waals surface area contributed by atoms with Gasteiger partial charge in [0, 0.05) is 12.1 Å². The standard InChI is InChI=1S/C15H16N2OS/c1-3-16-18-17-15-11-10-14(19-15)9-8-13-6-4-12(2)5-7-13/h4-7,10-11,16-17H,3H2,1-2H3. The van der Waals surface area contributed by atoms with Crippen molar-refractivity contribution >= 4 is 16.3 Å². The predicted molar refractivity (Wildman–Crippen MR) is 79.9 cm³/mol. The lowest BCUT2D eigenvalue weighted by Crippen LogP contribution is -2.17. The molecule has 3 nitrogen and oxygen atoms in total. The van der Waals surface area contributed by atoms with E-state index < -0.39 is 0 Å². The molecule has 2 aromatic rings. The Kier molecular flexibility index (Phi) is 4.99. The first-order chi connectivity index (χ1) is 9.28. The summed E-state index contributed by atoms with van der Waals surface area (Å²) < 4.78 is 0. The molecule has 1 aromatic heterocycles. The molecule has 0 spiro atoms. The molecule has 0 radical (unpaired) electrons. The fourth-order valence-electron chi connectivity index (χ4n) is 1.39. The van der Waals surface area contributed by atoms with Crippen LogP contribution in [0.5, 0.6) is 0 Å². The second-order valence-corrected chi connectivity index (χ2v) is 5.07. The van der Waals surface area contributed by atoms with Gasteiger partial charge in [0.05, 0.1) is 4.88 Å². The fourth-order valence-corrected chi connectivity index (χ4v) is 2.08. The number of hydroxylamine groups is 1. The van der Waals surface area contributed by atoms with E-state index in [1.807, 2.05) is 31.2 Å². The van der Waals surface area contributed by atoms with Gasteiger partial charge in [-0.05, 0) is 31.2 Å². The van der Waals surface area contributed by atoms with Gasteiger partial charge in [-0.3, -0.25) is 0 Å². The van der Waals surface area contributed by atoms with Crippen molar-refractivity contribution in [1.82, 2.24) is 5.48 Å². The highest BCUT2D eigenvalue weighted by Crippen LogP contribution is 2.20. The fraction of sp³-hybridized carbons (Fsp3) is 0.200. The Balaban J connectivity index is 1.98. The molecule has 0 aliphatic heterocycles. The number of nitrogens with one attached hydrogen (secondary N) is 2. The molecule has 2 rings (SSSR count). The van der Waals surface area contributed by atoms with Crippen LogP contribution in [0.2, 0.25) is 0 Å². The summed E-state index contributed by atoms with van der Waals surface area (Å²) in [5, 5.41) is 0.925. The van der Waals surface area contributed by atoms with Gasteiger partial charge >= 0.3 is 0 Å². The number of anilines is 1. The summed E-state index contributed by atoms with van der Waals surface area (Å²) in [4.78, 5) is 6.02. The Morgan fingerprint density at radius 1 is 1.11 bits per heavy atom. The van der Waals surface area contributed by atoms with Crippen molar-refractivity contribution in [2.75, 3.05) is 12.0 Å². The molecule has 0 amide bonds. The topological polar surface area (TPSA) is 33.3 Å². The Bertz CT molecular complexity index is 578. The van der Waals surface area contributed by atoms with Crippen LogP contribution >= 0.6 is 11.3 Å². The van der Waals surface area contributed by atoms with Crippen molar-refractivity contribution in [1.29, 1.82) is 0 Å². The molecule has 0 aliphatic rings. The summed E-state index contributed by atoms with van der Waals surface area (Å²) in [6.45, 7) is 4.78. The molecule has 1 aromatic carbocycles. The van der Waals surface area contributed by atoms with E-state index in [1.165, 1.54) is 5.56 Å². The van der Waals surface area contributed by atoms with Crippen LogP contribution < -0.4 is 11.0 Å². The van der Waals surface area contributed by atoms with Crippen LogP contribution in [0.4, 0.5) is 5.00 Å². The van der Waals surface area contributed by atoms with Gasteiger partial charge in [0.15, 0.2) is 0 Å². The van der Waals surface area contributed by atoms with Crippen molar-refractivity contribution in [3.8, 4) is 11.8 Å². The lowest BCUT2D eigenvalue weighted by molar-refractivity contribution is 0.0939. The molecule has 0 atom stereocenters. The summed E-state index contributed by atoms with van der Waals surface area (Å²) in [6, 6.07) is 12.1. The van der Waals surface area contributed by atoms with E-state index in [0.717, 1.165) is 22.0 Å². The second-order valence-electron chi connectivity index (χ2n) is 3.98. The van der Waals surface area contributed by atoms with Gasteiger partial charge in [-0.2, -0.15) is 10.4 Å². The van der Waals surface area contributed by atoms with E-state index in [9.17, 15) is 0 Å². The minimum atomic E-state index is 0.748. The number of rotatable bonds is 4. The lowest BCUT2D eigenvalue weighted by atomic mass is 10.1. The molecule has 0 bridgehead atoms. The molecular weight excluding hydrogens is 256 g/mol. The largest absolute Gasteiger partial charge is 0.238 e. The SMILES string of the molecule is CCNONc1ccc(C#Cc2ccc(C)cc2)s1. The van der Waals surface area contributed by atoms with E-state index in [-0.39, 0.29) is 0 Å².